The molecule has 1 atom stereocenters. The summed E-state index contributed by atoms with van der Waals surface area (Å²) in [7, 11) is 0. The van der Waals surface area contributed by atoms with E-state index in [4.69, 9.17) is 5.26 Å². The lowest BCUT2D eigenvalue weighted by Gasteiger charge is -2.29. The number of carbonyl (C=O) groups is 1. The van der Waals surface area contributed by atoms with Crippen LogP contribution in [0.1, 0.15) is 12.8 Å². The van der Waals surface area contributed by atoms with Crippen LogP contribution in [0.15, 0.2) is 18.5 Å². The molecule has 5 nitrogen and oxygen atoms in total. The highest BCUT2D eigenvalue weighted by atomic mass is 16.2. The Bertz CT molecular complexity index is 393. The average Bonchev–Trinajstić information content (AvgIpc) is 2.82. The summed E-state index contributed by atoms with van der Waals surface area (Å²) in [6.45, 7) is 1.60. The van der Waals surface area contributed by atoms with Gasteiger partial charge < -0.3 is 4.90 Å². The van der Waals surface area contributed by atoms with Crippen LogP contribution in [0.5, 0.6) is 0 Å². The molecule has 1 fully saturated rings. The van der Waals surface area contributed by atoms with Crippen LogP contribution in [0.4, 0.5) is 0 Å². The summed E-state index contributed by atoms with van der Waals surface area (Å²) in [5.74, 6) is 0.0407. The van der Waals surface area contributed by atoms with Crippen LogP contribution in [0.25, 0.3) is 0 Å². The third-order valence-electron chi connectivity index (χ3n) is 2.81. The molecule has 0 aromatic carbocycles. The van der Waals surface area contributed by atoms with Crippen molar-refractivity contribution in [3.05, 3.63) is 18.5 Å². The fraction of sp³-hybridized carbons (Fsp3) is 0.545. The molecule has 0 spiro atoms. The SMILES string of the molecule is N#CC1CCCN(C(=O)Cn2cccn2)C1. The zero-order valence-corrected chi connectivity index (χ0v) is 9.04. The maximum Gasteiger partial charge on any atom is 0.244 e. The van der Waals surface area contributed by atoms with E-state index < -0.39 is 0 Å². The number of nitriles is 1. The third kappa shape index (κ3) is 2.40. The minimum atomic E-state index is -0.00433. The number of rotatable bonds is 2. The molecule has 0 bridgehead atoms. The van der Waals surface area contributed by atoms with Crippen molar-refractivity contribution in [3.63, 3.8) is 0 Å². The first-order valence-electron chi connectivity index (χ1n) is 5.44. The van der Waals surface area contributed by atoms with Gasteiger partial charge in [0, 0.05) is 25.5 Å². The zero-order chi connectivity index (χ0) is 11.4. The average molecular weight is 218 g/mol. The lowest BCUT2D eigenvalue weighted by Crippen LogP contribution is -2.41. The van der Waals surface area contributed by atoms with Gasteiger partial charge in [-0.25, -0.2) is 0 Å². The van der Waals surface area contributed by atoms with E-state index in [2.05, 4.69) is 11.2 Å². The molecule has 1 saturated heterocycles. The predicted octanol–water partition coefficient (Wildman–Crippen LogP) is 0.645. The van der Waals surface area contributed by atoms with E-state index in [1.54, 1.807) is 28.0 Å². The molecule has 1 aromatic rings. The number of hydrogen-bond acceptors (Lipinski definition) is 3. The molecule has 1 aliphatic heterocycles. The first-order valence-corrected chi connectivity index (χ1v) is 5.44. The first kappa shape index (κ1) is 10.7. The Kier molecular flexibility index (Phi) is 3.20. The molecule has 1 unspecified atom stereocenters. The van der Waals surface area contributed by atoms with Crippen LogP contribution < -0.4 is 0 Å². The van der Waals surface area contributed by atoms with Gasteiger partial charge in [0.05, 0.1) is 12.0 Å². The number of aromatic nitrogens is 2. The molecule has 5 heteroatoms. The maximum absolute atomic E-state index is 11.9. The molecule has 1 aromatic heterocycles. The minimum absolute atomic E-state index is 0.00433. The van der Waals surface area contributed by atoms with Crippen LogP contribution >= 0.6 is 0 Å². The third-order valence-corrected chi connectivity index (χ3v) is 2.81. The summed E-state index contributed by atoms with van der Waals surface area (Å²) in [4.78, 5) is 13.6. The van der Waals surface area contributed by atoms with Crippen molar-refractivity contribution < 1.29 is 4.79 Å². The van der Waals surface area contributed by atoms with E-state index in [1.807, 2.05) is 0 Å². The summed E-state index contributed by atoms with van der Waals surface area (Å²) in [6.07, 6.45) is 5.25. The molecule has 2 heterocycles. The van der Waals surface area contributed by atoms with Gasteiger partial charge in [-0.15, -0.1) is 0 Å². The standard InChI is InChI=1S/C11H14N4O/c12-7-10-3-1-5-14(8-10)11(16)9-15-6-2-4-13-15/h2,4,6,10H,1,3,5,8-9H2. The van der Waals surface area contributed by atoms with Gasteiger partial charge in [-0.1, -0.05) is 0 Å². The van der Waals surface area contributed by atoms with E-state index in [0.717, 1.165) is 19.4 Å². The van der Waals surface area contributed by atoms with Crippen molar-refractivity contribution in [1.29, 1.82) is 5.26 Å². The number of hydrogen-bond donors (Lipinski definition) is 0. The topological polar surface area (TPSA) is 61.9 Å². The van der Waals surface area contributed by atoms with Crippen LogP contribution in [0, 0.1) is 17.2 Å². The van der Waals surface area contributed by atoms with Crippen molar-refractivity contribution in [1.82, 2.24) is 14.7 Å². The molecule has 0 radical (unpaired) electrons. The molecule has 0 saturated carbocycles. The van der Waals surface area contributed by atoms with Crippen molar-refractivity contribution >= 4 is 5.91 Å². The Hall–Kier alpha value is -1.83. The van der Waals surface area contributed by atoms with E-state index >= 15 is 0 Å². The Morgan fingerprint density at radius 1 is 1.62 bits per heavy atom. The highest BCUT2D eigenvalue weighted by Gasteiger charge is 2.23. The van der Waals surface area contributed by atoms with E-state index in [0.29, 0.717) is 6.54 Å². The van der Waals surface area contributed by atoms with Gasteiger partial charge in [0.25, 0.3) is 0 Å². The summed E-state index contributed by atoms with van der Waals surface area (Å²) < 4.78 is 1.61. The van der Waals surface area contributed by atoms with E-state index in [9.17, 15) is 4.79 Å². The van der Waals surface area contributed by atoms with Crippen molar-refractivity contribution in [2.75, 3.05) is 13.1 Å². The van der Waals surface area contributed by atoms with Gasteiger partial charge in [0.2, 0.25) is 5.91 Å². The quantitative estimate of drug-likeness (QED) is 0.732. The van der Waals surface area contributed by atoms with Gasteiger partial charge >= 0.3 is 0 Å². The Morgan fingerprint density at radius 2 is 2.50 bits per heavy atom. The molecule has 16 heavy (non-hydrogen) atoms. The predicted molar refractivity (Wildman–Crippen MR) is 57.1 cm³/mol. The minimum Gasteiger partial charge on any atom is -0.340 e. The first-order chi connectivity index (χ1) is 7.79. The van der Waals surface area contributed by atoms with Crippen LogP contribution in [-0.2, 0) is 11.3 Å². The molecular weight excluding hydrogens is 204 g/mol. The monoisotopic (exact) mass is 218 g/mol. The maximum atomic E-state index is 11.9. The number of nitrogens with zero attached hydrogens (tertiary/aromatic N) is 4. The molecule has 1 aliphatic rings. The zero-order valence-electron chi connectivity index (χ0n) is 9.04. The highest BCUT2D eigenvalue weighted by Crippen LogP contribution is 2.15. The number of carbonyl (C=O) groups excluding carboxylic acids is 1. The Labute approximate surface area is 94.3 Å². The van der Waals surface area contributed by atoms with Crippen molar-refractivity contribution in [3.8, 4) is 6.07 Å². The van der Waals surface area contributed by atoms with Crippen LogP contribution in [0.3, 0.4) is 0 Å². The Balaban J connectivity index is 1.92. The van der Waals surface area contributed by atoms with E-state index in [1.165, 1.54) is 0 Å². The summed E-state index contributed by atoms with van der Waals surface area (Å²) in [5, 5.41) is 12.8. The summed E-state index contributed by atoms with van der Waals surface area (Å²) >= 11 is 0. The van der Waals surface area contributed by atoms with Crippen LogP contribution in [0.2, 0.25) is 0 Å². The van der Waals surface area contributed by atoms with Gasteiger partial charge in [0.1, 0.15) is 6.54 Å². The number of piperidine rings is 1. The summed E-state index contributed by atoms with van der Waals surface area (Å²) in [6, 6.07) is 4.02. The molecule has 2 rings (SSSR count). The highest BCUT2D eigenvalue weighted by molar-refractivity contribution is 5.76. The summed E-state index contributed by atoms with van der Waals surface area (Å²) in [5.41, 5.74) is 0. The fourth-order valence-corrected chi connectivity index (χ4v) is 1.94. The van der Waals surface area contributed by atoms with Gasteiger partial charge in [-0.2, -0.15) is 10.4 Å². The smallest absolute Gasteiger partial charge is 0.244 e. The normalized spacial score (nSPS) is 20.4. The van der Waals surface area contributed by atoms with Gasteiger partial charge in [0.15, 0.2) is 0 Å². The fourth-order valence-electron chi connectivity index (χ4n) is 1.94. The second-order valence-electron chi connectivity index (χ2n) is 4.01. The largest absolute Gasteiger partial charge is 0.340 e. The van der Waals surface area contributed by atoms with Crippen molar-refractivity contribution in [2.45, 2.75) is 19.4 Å². The second kappa shape index (κ2) is 4.79. The van der Waals surface area contributed by atoms with Gasteiger partial charge in [-0.05, 0) is 18.9 Å². The molecule has 0 aliphatic carbocycles. The van der Waals surface area contributed by atoms with Crippen LogP contribution in [-0.4, -0.2) is 33.7 Å². The van der Waals surface area contributed by atoms with E-state index in [-0.39, 0.29) is 18.4 Å². The number of amides is 1. The molecular formula is C11H14N4O. The molecule has 1 amide bonds. The van der Waals surface area contributed by atoms with Crippen molar-refractivity contribution in [2.24, 2.45) is 5.92 Å². The van der Waals surface area contributed by atoms with Gasteiger partial charge in [-0.3, -0.25) is 9.48 Å². The lowest BCUT2D eigenvalue weighted by molar-refractivity contribution is -0.133. The lowest BCUT2D eigenvalue weighted by atomic mass is 10.00. The molecule has 0 N–H and O–H groups in total. The Morgan fingerprint density at radius 3 is 3.19 bits per heavy atom. The second-order valence-corrected chi connectivity index (χ2v) is 4.01. The molecule has 84 valence electrons. The number of likely N-dealkylation sites (tertiary alicyclic amines) is 1.